The van der Waals surface area contributed by atoms with Crippen molar-refractivity contribution >= 4 is 35.0 Å². The summed E-state index contributed by atoms with van der Waals surface area (Å²) < 4.78 is 15.6. The van der Waals surface area contributed by atoms with Gasteiger partial charge in [-0.3, -0.25) is 14.6 Å². The molecule has 0 saturated carbocycles. The van der Waals surface area contributed by atoms with Crippen LogP contribution in [0.25, 0.3) is 5.76 Å². The number of rotatable bonds is 8. The van der Waals surface area contributed by atoms with E-state index in [1.54, 1.807) is 49.5 Å². The van der Waals surface area contributed by atoms with Gasteiger partial charge in [0.2, 0.25) is 0 Å². The number of ketones is 1. The van der Waals surface area contributed by atoms with Crippen molar-refractivity contribution in [2.75, 3.05) is 20.8 Å². The number of aliphatic hydroxyl groups excluding tert-OH is 1. The van der Waals surface area contributed by atoms with E-state index in [0.717, 1.165) is 0 Å². The number of pyridine rings is 1. The summed E-state index contributed by atoms with van der Waals surface area (Å²) in [5.74, 6) is -2.05. The van der Waals surface area contributed by atoms with E-state index >= 15 is 0 Å². The number of aromatic nitrogens is 1. The van der Waals surface area contributed by atoms with Gasteiger partial charge in [0.05, 0.1) is 48.6 Å². The van der Waals surface area contributed by atoms with Crippen LogP contribution in [0, 0.1) is 0 Å². The van der Waals surface area contributed by atoms with Crippen molar-refractivity contribution in [3.05, 3.63) is 93.8 Å². The number of Topliss-reactive ketones (excluding diaryl/α,β-unsaturated/α-hetero) is 1. The van der Waals surface area contributed by atoms with Crippen molar-refractivity contribution in [1.29, 1.82) is 0 Å². The summed E-state index contributed by atoms with van der Waals surface area (Å²) in [6.45, 7) is 2.00. The van der Waals surface area contributed by atoms with Gasteiger partial charge in [-0.2, -0.15) is 0 Å². The topological polar surface area (TPSA) is 115 Å². The predicted molar refractivity (Wildman–Crippen MR) is 139 cm³/mol. The molecular weight excluding hydrogens is 512 g/mol. The van der Waals surface area contributed by atoms with Crippen molar-refractivity contribution in [3.8, 4) is 11.5 Å². The van der Waals surface area contributed by atoms with Gasteiger partial charge in [0.1, 0.15) is 17.3 Å². The zero-order valence-corrected chi connectivity index (χ0v) is 21.7. The van der Waals surface area contributed by atoms with Gasteiger partial charge in [-0.05, 0) is 42.3 Å². The molecule has 1 aromatic heterocycles. The molecule has 1 saturated heterocycles. The maximum absolute atomic E-state index is 13.3. The van der Waals surface area contributed by atoms with Crippen LogP contribution in [0.15, 0.2) is 66.5 Å². The molecule has 0 aliphatic carbocycles. The Bertz CT molecular complexity index is 1400. The van der Waals surface area contributed by atoms with Gasteiger partial charge in [0.15, 0.2) is 0 Å². The summed E-state index contributed by atoms with van der Waals surface area (Å²) in [5, 5.41) is 11.6. The number of ether oxygens (including phenoxy) is 3. The number of benzene rings is 2. The van der Waals surface area contributed by atoms with Gasteiger partial charge >= 0.3 is 5.97 Å². The number of halogens is 1. The quantitative estimate of drug-likeness (QED) is 0.193. The van der Waals surface area contributed by atoms with Crippen molar-refractivity contribution in [3.63, 3.8) is 0 Å². The molecule has 0 bridgehead atoms. The predicted octanol–water partition coefficient (Wildman–Crippen LogP) is 4.55. The number of nitrogens with zero attached hydrogens (tertiary/aromatic N) is 2. The number of methoxy groups -OCH3 is 2. The van der Waals surface area contributed by atoms with E-state index in [2.05, 4.69) is 4.98 Å². The second-order valence-electron chi connectivity index (χ2n) is 8.32. The number of carbonyl (C=O) groups is 3. The second-order valence-corrected chi connectivity index (χ2v) is 8.72. The number of hydrogen-bond acceptors (Lipinski definition) is 8. The lowest BCUT2D eigenvalue weighted by Gasteiger charge is -2.25. The number of carbonyl (C=O) groups excluding carboxylic acids is 3. The normalized spacial score (nSPS) is 16.4. The van der Waals surface area contributed by atoms with Crippen LogP contribution in [0.2, 0.25) is 5.02 Å². The molecule has 3 aromatic rings. The molecule has 1 atom stereocenters. The van der Waals surface area contributed by atoms with Gasteiger partial charge < -0.3 is 24.2 Å². The van der Waals surface area contributed by atoms with E-state index in [-0.39, 0.29) is 35.1 Å². The smallest absolute Gasteiger partial charge is 0.338 e. The SMILES string of the molecule is CCOC(=O)c1ccc(CN2C(=O)C(=O)/C(=C(/O)c3cc(Cl)c(OC)cc3OC)C2c2cccnc2)cc1. The molecule has 10 heteroatoms. The van der Waals surface area contributed by atoms with Crippen LogP contribution < -0.4 is 9.47 Å². The van der Waals surface area contributed by atoms with Crippen molar-refractivity contribution < 1.29 is 33.7 Å². The van der Waals surface area contributed by atoms with Gasteiger partial charge in [0, 0.05) is 25.0 Å². The molecule has 38 heavy (non-hydrogen) atoms. The molecule has 4 rings (SSSR count). The van der Waals surface area contributed by atoms with Crippen LogP contribution in [-0.4, -0.2) is 53.5 Å². The molecule has 0 spiro atoms. The van der Waals surface area contributed by atoms with E-state index in [0.29, 0.717) is 22.4 Å². The molecule has 2 aromatic carbocycles. The minimum Gasteiger partial charge on any atom is -0.507 e. The Hall–Kier alpha value is -4.37. The zero-order valence-electron chi connectivity index (χ0n) is 20.9. The highest BCUT2D eigenvalue weighted by atomic mass is 35.5. The molecule has 0 radical (unpaired) electrons. The Morgan fingerprint density at radius 1 is 1.08 bits per heavy atom. The fourth-order valence-corrected chi connectivity index (χ4v) is 4.52. The lowest BCUT2D eigenvalue weighted by Crippen LogP contribution is -2.29. The first kappa shape index (κ1) is 26.7. The van der Waals surface area contributed by atoms with Gasteiger partial charge in [-0.1, -0.05) is 29.8 Å². The average molecular weight is 537 g/mol. The number of likely N-dealkylation sites (tertiary alicyclic amines) is 1. The third kappa shape index (κ3) is 5.05. The molecule has 1 N–H and O–H groups in total. The summed E-state index contributed by atoms with van der Waals surface area (Å²) in [5.41, 5.74) is 1.55. The lowest BCUT2D eigenvalue weighted by atomic mass is 9.95. The largest absolute Gasteiger partial charge is 0.507 e. The Kier molecular flexibility index (Phi) is 7.97. The van der Waals surface area contributed by atoms with Crippen LogP contribution in [0.3, 0.4) is 0 Å². The van der Waals surface area contributed by atoms with Gasteiger partial charge in [0.25, 0.3) is 11.7 Å². The fourth-order valence-electron chi connectivity index (χ4n) is 4.27. The van der Waals surface area contributed by atoms with Crippen LogP contribution >= 0.6 is 11.6 Å². The minimum absolute atomic E-state index is 0.0323. The standard InChI is InChI=1S/C28H25ClN2O7/c1-4-38-28(35)17-9-7-16(8-10-17)15-31-24(18-6-5-11-30-14-18)23(26(33)27(31)34)25(32)19-12-20(29)22(37-3)13-21(19)36-2/h5-14,24,32H,4,15H2,1-3H3/b25-23+. The lowest BCUT2D eigenvalue weighted by molar-refractivity contribution is -0.140. The number of hydrogen-bond donors (Lipinski definition) is 1. The summed E-state index contributed by atoms with van der Waals surface area (Å²) in [7, 11) is 2.84. The number of aliphatic hydroxyl groups is 1. The highest BCUT2D eigenvalue weighted by molar-refractivity contribution is 6.46. The zero-order chi connectivity index (χ0) is 27.4. The summed E-state index contributed by atoms with van der Waals surface area (Å²) in [4.78, 5) is 44.1. The van der Waals surface area contributed by atoms with E-state index in [9.17, 15) is 19.5 Å². The maximum Gasteiger partial charge on any atom is 0.338 e. The molecular formula is C28H25ClN2O7. The van der Waals surface area contributed by atoms with Crippen LogP contribution in [-0.2, 0) is 20.9 Å². The molecule has 9 nitrogen and oxygen atoms in total. The Morgan fingerprint density at radius 2 is 1.79 bits per heavy atom. The monoisotopic (exact) mass is 536 g/mol. The molecule has 1 aliphatic rings. The van der Waals surface area contributed by atoms with Gasteiger partial charge in [-0.15, -0.1) is 0 Å². The molecule has 1 fully saturated rings. The van der Waals surface area contributed by atoms with E-state index < -0.39 is 29.5 Å². The number of esters is 1. The van der Waals surface area contributed by atoms with E-state index in [4.69, 9.17) is 25.8 Å². The van der Waals surface area contributed by atoms with Crippen molar-refractivity contribution in [2.24, 2.45) is 0 Å². The molecule has 1 aliphatic heterocycles. The third-order valence-electron chi connectivity index (χ3n) is 6.09. The van der Waals surface area contributed by atoms with E-state index in [1.165, 1.54) is 37.4 Å². The Labute approximate surface area is 224 Å². The van der Waals surface area contributed by atoms with Gasteiger partial charge in [-0.25, -0.2) is 4.79 Å². The molecule has 1 unspecified atom stereocenters. The molecule has 1 amide bonds. The molecule has 196 valence electrons. The maximum atomic E-state index is 13.3. The van der Waals surface area contributed by atoms with Crippen LogP contribution in [0.5, 0.6) is 11.5 Å². The fraction of sp³-hybridized carbons (Fsp3) is 0.214. The first-order chi connectivity index (χ1) is 18.3. The highest BCUT2D eigenvalue weighted by Crippen LogP contribution is 2.43. The number of amides is 1. The van der Waals surface area contributed by atoms with Crippen molar-refractivity contribution in [2.45, 2.75) is 19.5 Å². The van der Waals surface area contributed by atoms with Crippen LogP contribution in [0.4, 0.5) is 0 Å². The minimum atomic E-state index is -0.945. The Balaban J connectivity index is 1.81. The second kappa shape index (κ2) is 11.4. The van der Waals surface area contributed by atoms with E-state index in [1.807, 2.05) is 0 Å². The molecule has 2 heterocycles. The summed E-state index contributed by atoms with van der Waals surface area (Å²) in [6.07, 6.45) is 3.09. The summed E-state index contributed by atoms with van der Waals surface area (Å²) >= 11 is 6.30. The Morgan fingerprint density at radius 3 is 2.39 bits per heavy atom. The average Bonchev–Trinajstić information content (AvgIpc) is 3.18. The summed E-state index contributed by atoms with van der Waals surface area (Å²) in [6, 6.07) is 11.9. The highest BCUT2D eigenvalue weighted by Gasteiger charge is 2.46. The van der Waals surface area contributed by atoms with Crippen LogP contribution in [0.1, 0.15) is 40.0 Å². The first-order valence-electron chi connectivity index (χ1n) is 11.7. The first-order valence-corrected chi connectivity index (χ1v) is 12.0. The third-order valence-corrected chi connectivity index (χ3v) is 6.38. The van der Waals surface area contributed by atoms with Crippen molar-refractivity contribution in [1.82, 2.24) is 9.88 Å².